The first kappa shape index (κ1) is 20.4. The van der Waals surface area contributed by atoms with Crippen LogP contribution in [0.5, 0.6) is 0 Å². The number of imide groups is 1. The van der Waals surface area contributed by atoms with E-state index in [0.29, 0.717) is 31.7 Å². The molecule has 0 atom stereocenters. The van der Waals surface area contributed by atoms with Crippen LogP contribution in [0.1, 0.15) is 44.1 Å². The van der Waals surface area contributed by atoms with Gasteiger partial charge >= 0.3 is 6.18 Å². The molecular formula is C17H17ClF3N3O4. The van der Waals surface area contributed by atoms with Crippen LogP contribution in [0.3, 0.4) is 0 Å². The van der Waals surface area contributed by atoms with Gasteiger partial charge in [-0.3, -0.25) is 24.6 Å². The number of alkyl halides is 3. The summed E-state index contributed by atoms with van der Waals surface area (Å²) in [7, 11) is 0. The number of carbonyl (C=O) groups excluding carboxylic acids is 2. The Morgan fingerprint density at radius 3 is 2.18 bits per heavy atom. The van der Waals surface area contributed by atoms with E-state index < -0.39 is 27.4 Å². The lowest BCUT2D eigenvalue weighted by molar-refractivity contribution is -0.384. The van der Waals surface area contributed by atoms with E-state index in [9.17, 15) is 32.9 Å². The van der Waals surface area contributed by atoms with Crippen LogP contribution >= 0.6 is 11.6 Å². The number of hydrogen-bond acceptors (Lipinski definition) is 5. The first-order valence-electron chi connectivity index (χ1n) is 8.74. The molecule has 1 N–H and O–H groups in total. The van der Waals surface area contributed by atoms with Crippen molar-refractivity contribution in [3.05, 3.63) is 32.8 Å². The quantitative estimate of drug-likeness (QED) is 0.450. The molecule has 0 spiro atoms. The third-order valence-electron chi connectivity index (χ3n) is 5.10. The highest BCUT2D eigenvalue weighted by atomic mass is 35.5. The highest BCUT2D eigenvalue weighted by Gasteiger charge is 2.38. The van der Waals surface area contributed by atoms with Crippen molar-refractivity contribution in [2.24, 2.45) is 0 Å². The average Bonchev–Trinajstić information content (AvgIpc) is 2.93. The Labute approximate surface area is 163 Å². The topological polar surface area (TPSA) is 92.6 Å². The summed E-state index contributed by atoms with van der Waals surface area (Å²) in [4.78, 5) is 35.3. The molecule has 1 aromatic carbocycles. The number of benzene rings is 1. The van der Waals surface area contributed by atoms with Crippen LogP contribution in [-0.2, 0) is 15.8 Å². The van der Waals surface area contributed by atoms with Crippen LogP contribution in [0.4, 0.5) is 24.5 Å². The van der Waals surface area contributed by atoms with Crippen LogP contribution in [0.2, 0.25) is 5.02 Å². The molecule has 1 heterocycles. The summed E-state index contributed by atoms with van der Waals surface area (Å²) in [5.41, 5.74) is -2.05. The lowest BCUT2D eigenvalue weighted by Crippen LogP contribution is -2.43. The second kappa shape index (κ2) is 7.57. The number of nitrogens with one attached hydrogen (secondary N) is 1. The number of halogens is 4. The third-order valence-corrected chi connectivity index (χ3v) is 5.41. The number of nitrogens with zero attached hydrogens (tertiary/aromatic N) is 2. The molecule has 1 aliphatic carbocycles. The molecule has 1 aliphatic heterocycles. The fourth-order valence-electron chi connectivity index (χ4n) is 3.75. The number of rotatable bonds is 4. The molecule has 2 aliphatic rings. The zero-order valence-corrected chi connectivity index (χ0v) is 15.3. The number of nitro benzene ring substituents is 1. The first-order chi connectivity index (χ1) is 13.1. The monoisotopic (exact) mass is 419 g/mol. The van der Waals surface area contributed by atoms with Gasteiger partial charge < -0.3 is 5.32 Å². The molecule has 7 nitrogen and oxygen atoms in total. The molecule has 0 bridgehead atoms. The van der Waals surface area contributed by atoms with Gasteiger partial charge in [0, 0.05) is 31.0 Å². The summed E-state index contributed by atoms with van der Waals surface area (Å²) >= 11 is 5.69. The molecule has 0 radical (unpaired) electrons. The molecule has 1 aromatic rings. The number of anilines is 1. The smallest absolute Gasteiger partial charge is 0.377 e. The second-order valence-corrected chi connectivity index (χ2v) is 7.32. The Hall–Kier alpha value is -2.36. The first-order valence-corrected chi connectivity index (χ1v) is 9.12. The van der Waals surface area contributed by atoms with Crippen LogP contribution < -0.4 is 5.32 Å². The predicted octanol–water partition coefficient (Wildman–Crippen LogP) is 4.14. The fourth-order valence-corrected chi connectivity index (χ4v) is 4.02. The van der Waals surface area contributed by atoms with Gasteiger partial charge in [0.2, 0.25) is 11.8 Å². The maximum atomic E-state index is 12.9. The van der Waals surface area contributed by atoms with Crippen LogP contribution in [0.25, 0.3) is 0 Å². The van der Waals surface area contributed by atoms with E-state index in [0.717, 1.165) is 6.07 Å². The molecule has 1 saturated carbocycles. The van der Waals surface area contributed by atoms with E-state index in [1.165, 1.54) is 4.90 Å². The fraction of sp³-hybridized carbons (Fsp3) is 0.529. The number of likely N-dealkylation sites (tertiary alicyclic amines) is 1. The summed E-state index contributed by atoms with van der Waals surface area (Å²) in [6, 6.07) is 0.905. The van der Waals surface area contributed by atoms with Crippen molar-refractivity contribution >= 4 is 34.8 Å². The van der Waals surface area contributed by atoms with Crippen LogP contribution in [-0.4, -0.2) is 33.7 Å². The minimum Gasteiger partial charge on any atom is -0.377 e. The molecule has 0 aromatic heterocycles. The maximum Gasteiger partial charge on any atom is 0.418 e. The van der Waals surface area contributed by atoms with Gasteiger partial charge in [0.15, 0.2) is 0 Å². The molecule has 1 saturated heterocycles. The van der Waals surface area contributed by atoms with E-state index in [-0.39, 0.29) is 42.4 Å². The Balaban J connectivity index is 1.73. The zero-order valence-electron chi connectivity index (χ0n) is 14.6. The summed E-state index contributed by atoms with van der Waals surface area (Å²) in [6.45, 7) is 0. The molecule has 0 unspecified atom stereocenters. The Bertz CT molecular complexity index is 807. The van der Waals surface area contributed by atoms with Gasteiger partial charge in [-0.05, 0) is 31.7 Å². The summed E-state index contributed by atoms with van der Waals surface area (Å²) in [6.07, 6.45) is -2.29. The number of hydrogen-bond donors (Lipinski definition) is 1. The molecule has 2 fully saturated rings. The standard InChI is InChI=1S/C17H17ClF3N3O4/c18-12-8-13(14(24(27)28)7-11(12)17(19,20)21)22-9-1-3-10(4-2-9)23-15(25)5-6-16(23)26/h7-10,22H,1-6H2. The minimum absolute atomic E-state index is 0.0835. The van der Waals surface area contributed by atoms with Crippen molar-refractivity contribution in [1.82, 2.24) is 4.90 Å². The highest BCUT2D eigenvalue weighted by Crippen LogP contribution is 2.41. The van der Waals surface area contributed by atoms with Gasteiger partial charge in [-0.1, -0.05) is 11.6 Å². The molecule has 2 amide bonds. The van der Waals surface area contributed by atoms with Crippen molar-refractivity contribution in [1.29, 1.82) is 0 Å². The van der Waals surface area contributed by atoms with Gasteiger partial charge in [-0.25, -0.2) is 0 Å². The molecule has 152 valence electrons. The number of carbonyl (C=O) groups is 2. The zero-order chi connectivity index (χ0) is 20.6. The Morgan fingerprint density at radius 2 is 1.68 bits per heavy atom. The van der Waals surface area contributed by atoms with Crippen LogP contribution in [0, 0.1) is 10.1 Å². The molecule has 3 rings (SSSR count). The van der Waals surface area contributed by atoms with E-state index in [2.05, 4.69) is 5.32 Å². The summed E-state index contributed by atoms with van der Waals surface area (Å²) in [5, 5.41) is 13.5. The normalized spacial score (nSPS) is 23.2. The largest absolute Gasteiger partial charge is 0.418 e. The van der Waals surface area contributed by atoms with Crippen molar-refractivity contribution in [2.45, 2.75) is 56.8 Å². The van der Waals surface area contributed by atoms with Gasteiger partial charge in [0.05, 0.1) is 15.5 Å². The number of amides is 2. The van der Waals surface area contributed by atoms with Crippen molar-refractivity contribution < 1.29 is 27.7 Å². The van der Waals surface area contributed by atoms with Crippen molar-refractivity contribution in [3.63, 3.8) is 0 Å². The highest BCUT2D eigenvalue weighted by molar-refractivity contribution is 6.31. The molecule has 28 heavy (non-hydrogen) atoms. The summed E-state index contributed by atoms with van der Waals surface area (Å²) < 4.78 is 38.8. The SMILES string of the molecule is O=C1CCC(=O)N1C1CCC(Nc2cc(Cl)c(C(F)(F)F)cc2[N+](=O)[O-])CC1. The van der Waals surface area contributed by atoms with E-state index in [1.54, 1.807) is 0 Å². The third kappa shape index (κ3) is 4.06. The second-order valence-electron chi connectivity index (χ2n) is 6.91. The maximum absolute atomic E-state index is 12.9. The van der Waals surface area contributed by atoms with E-state index in [1.807, 2.05) is 0 Å². The molecule has 11 heteroatoms. The van der Waals surface area contributed by atoms with Gasteiger partial charge in [-0.2, -0.15) is 13.2 Å². The minimum atomic E-state index is -4.80. The van der Waals surface area contributed by atoms with Crippen molar-refractivity contribution in [3.8, 4) is 0 Å². The lowest BCUT2D eigenvalue weighted by atomic mass is 9.90. The Morgan fingerprint density at radius 1 is 1.11 bits per heavy atom. The van der Waals surface area contributed by atoms with Crippen LogP contribution in [0.15, 0.2) is 12.1 Å². The van der Waals surface area contributed by atoms with Crippen molar-refractivity contribution in [2.75, 3.05) is 5.32 Å². The van der Waals surface area contributed by atoms with Gasteiger partial charge in [0.25, 0.3) is 5.69 Å². The Kier molecular flexibility index (Phi) is 5.51. The number of nitro groups is 1. The van der Waals surface area contributed by atoms with E-state index in [4.69, 9.17) is 11.6 Å². The lowest BCUT2D eigenvalue weighted by Gasteiger charge is -2.34. The molecular weight excluding hydrogens is 403 g/mol. The average molecular weight is 420 g/mol. The summed E-state index contributed by atoms with van der Waals surface area (Å²) in [5.74, 6) is -0.377. The predicted molar refractivity (Wildman–Crippen MR) is 93.9 cm³/mol. The van der Waals surface area contributed by atoms with E-state index >= 15 is 0 Å². The van der Waals surface area contributed by atoms with Gasteiger partial charge in [0.1, 0.15) is 5.69 Å². The van der Waals surface area contributed by atoms with Gasteiger partial charge in [-0.15, -0.1) is 0 Å².